The normalized spacial score (nSPS) is 24.4. The lowest BCUT2D eigenvalue weighted by molar-refractivity contribution is -0.151. The predicted molar refractivity (Wildman–Crippen MR) is 129 cm³/mol. The third-order valence-corrected chi connectivity index (χ3v) is 7.77. The number of amides is 1. The topological polar surface area (TPSA) is 95.9 Å². The summed E-state index contributed by atoms with van der Waals surface area (Å²) in [6.45, 7) is 3.74. The van der Waals surface area contributed by atoms with Gasteiger partial charge in [0, 0.05) is 17.5 Å². The van der Waals surface area contributed by atoms with Gasteiger partial charge in [-0.15, -0.1) is 0 Å². The second kappa shape index (κ2) is 12.4. The first-order valence-electron chi connectivity index (χ1n) is 12.0. The van der Waals surface area contributed by atoms with Gasteiger partial charge in [0.05, 0.1) is 12.6 Å². The van der Waals surface area contributed by atoms with Gasteiger partial charge in [-0.3, -0.25) is 14.9 Å². The van der Waals surface area contributed by atoms with E-state index in [2.05, 4.69) is 5.32 Å². The summed E-state index contributed by atoms with van der Waals surface area (Å²) in [5, 5.41) is 13.0. The van der Waals surface area contributed by atoms with Crippen LogP contribution in [0.25, 0.3) is 0 Å². The zero-order valence-electron chi connectivity index (χ0n) is 19.6. The SMILES string of the molecule is CCOC(=O)C(CSCc1ccccc1)N[C@@H](C)C(=O)N1C2CCCCCC2C[C@H]1C(=O)O. The number of hydrogen-bond acceptors (Lipinski definition) is 6. The van der Waals surface area contributed by atoms with Gasteiger partial charge in [0.1, 0.15) is 12.1 Å². The van der Waals surface area contributed by atoms with Gasteiger partial charge in [-0.2, -0.15) is 11.8 Å². The van der Waals surface area contributed by atoms with Crippen molar-refractivity contribution in [1.82, 2.24) is 10.2 Å². The maximum absolute atomic E-state index is 13.5. The van der Waals surface area contributed by atoms with Crippen LogP contribution in [0.4, 0.5) is 0 Å². The van der Waals surface area contributed by atoms with E-state index in [4.69, 9.17) is 4.74 Å². The van der Waals surface area contributed by atoms with E-state index in [1.54, 1.807) is 30.5 Å². The number of benzene rings is 1. The van der Waals surface area contributed by atoms with Gasteiger partial charge in [0.25, 0.3) is 0 Å². The molecule has 8 heteroatoms. The number of carboxylic acids is 1. The maximum Gasteiger partial charge on any atom is 0.326 e. The molecule has 1 saturated heterocycles. The van der Waals surface area contributed by atoms with Crippen molar-refractivity contribution in [2.45, 2.75) is 82.3 Å². The summed E-state index contributed by atoms with van der Waals surface area (Å²) in [6.07, 6.45) is 5.58. The molecule has 1 aromatic rings. The minimum atomic E-state index is -0.941. The highest BCUT2D eigenvalue weighted by Gasteiger charge is 2.48. The summed E-state index contributed by atoms with van der Waals surface area (Å²) in [5.41, 5.74) is 1.16. The highest BCUT2D eigenvalue weighted by Crippen LogP contribution is 2.39. The number of carbonyl (C=O) groups excluding carboxylic acids is 2. The quantitative estimate of drug-likeness (QED) is 0.499. The maximum atomic E-state index is 13.5. The van der Waals surface area contributed by atoms with Gasteiger partial charge in [-0.05, 0) is 44.6 Å². The molecule has 3 unspecified atom stereocenters. The zero-order valence-corrected chi connectivity index (χ0v) is 20.4. The molecule has 0 radical (unpaired) electrons. The minimum Gasteiger partial charge on any atom is -0.480 e. The molecule has 0 aromatic heterocycles. The number of carbonyl (C=O) groups is 3. The molecule has 1 heterocycles. The Morgan fingerprint density at radius 3 is 2.61 bits per heavy atom. The Morgan fingerprint density at radius 2 is 1.91 bits per heavy atom. The van der Waals surface area contributed by atoms with Crippen molar-refractivity contribution in [3.8, 4) is 0 Å². The lowest BCUT2D eigenvalue weighted by Gasteiger charge is -2.33. The van der Waals surface area contributed by atoms with Gasteiger partial charge in [0.2, 0.25) is 5.91 Å². The van der Waals surface area contributed by atoms with E-state index in [9.17, 15) is 19.5 Å². The zero-order chi connectivity index (χ0) is 23.8. The Balaban J connectivity index is 1.67. The van der Waals surface area contributed by atoms with Crippen molar-refractivity contribution >= 4 is 29.6 Å². The van der Waals surface area contributed by atoms with Gasteiger partial charge in [-0.1, -0.05) is 49.6 Å². The molecular weight excluding hydrogens is 440 g/mol. The van der Waals surface area contributed by atoms with Gasteiger partial charge in [0.15, 0.2) is 0 Å². The number of hydrogen-bond donors (Lipinski definition) is 2. The molecule has 5 atom stereocenters. The standard InChI is InChI=1S/C25H36N2O5S/c1-3-32-25(31)20(16-33-15-18-10-6-4-7-11-18)26-17(2)23(28)27-21-13-9-5-8-12-19(21)14-22(27)24(29)30/h4,6-7,10-11,17,19-22,26H,3,5,8-9,12-16H2,1-2H3,(H,29,30)/t17-,19?,20?,21?,22-/m0/s1. The Labute approximate surface area is 200 Å². The predicted octanol–water partition coefficient (Wildman–Crippen LogP) is 3.46. The summed E-state index contributed by atoms with van der Waals surface area (Å²) in [5.74, 6) is -0.117. The van der Waals surface area contributed by atoms with Crippen LogP contribution in [0.2, 0.25) is 0 Å². The first-order valence-corrected chi connectivity index (χ1v) is 13.2. The van der Waals surface area contributed by atoms with E-state index in [1.807, 2.05) is 30.3 Å². The first kappa shape index (κ1) is 25.6. The molecule has 1 aliphatic heterocycles. The summed E-state index contributed by atoms with van der Waals surface area (Å²) in [7, 11) is 0. The van der Waals surface area contributed by atoms with Crippen molar-refractivity contribution < 1.29 is 24.2 Å². The van der Waals surface area contributed by atoms with Crippen molar-refractivity contribution in [1.29, 1.82) is 0 Å². The van der Waals surface area contributed by atoms with Crippen LogP contribution in [0.3, 0.4) is 0 Å². The molecule has 182 valence electrons. The number of aliphatic carboxylic acids is 1. The van der Waals surface area contributed by atoms with Gasteiger partial charge < -0.3 is 14.7 Å². The third-order valence-electron chi connectivity index (χ3n) is 6.67. The van der Waals surface area contributed by atoms with Crippen LogP contribution in [0.5, 0.6) is 0 Å². The van der Waals surface area contributed by atoms with E-state index >= 15 is 0 Å². The Hall–Kier alpha value is -2.06. The number of nitrogens with one attached hydrogen (secondary N) is 1. The molecule has 2 N–H and O–H groups in total. The molecule has 1 aromatic carbocycles. The molecule has 1 amide bonds. The monoisotopic (exact) mass is 476 g/mol. The molecule has 1 aliphatic carbocycles. The van der Waals surface area contributed by atoms with E-state index in [1.165, 1.54) is 0 Å². The smallest absolute Gasteiger partial charge is 0.326 e. The van der Waals surface area contributed by atoms with Crippen LogP contribution >= 0.6 is 11.8 Å². The molecule has 2 aliphatic rings. The number of likely N-dealkylation sites (tertiary alicyclic amines) is 1. The van der Waals surface area contributed by atoms with Crippen molar-refractivity contribution in [3.63, 3.8) is 0 Å². The lowest BCUT2D eigenvalue weighted by Crippen LogP contribution is -2.56. The Morgan fingerprint density at radius 1 is 1.18 bits per heavy atom. The molecule has 1 saturated carbocycles. The summed E-state index contributed by atoms with van der Waals surface area (Å²) in [6, 6.07) is 7.85. The molecule has 7 nitrogen and oxygen atoms in total. The lowest BCUT2D eigenvalue weighted by atomic mass is 9.94. The van der Waals surface area contributed by atoms with Crippen LogP contribution in [-0.2, 0) is 24.9 Å². The van der Waals surface area contributed by atoms with Crippen LogP contribution in [-0.4, -0.2) is 64.4 Å². The fourth-order valence-corrected chi connectivity index (χ4v) is 6.08. The number of esters is 1. The fraction of sp³-hybridized carbons (Fsp3) is 0.640. The van der Waals surface area contributed by atoms with Crippen LogP contribution in [0, 0.1) is 5.92 Å². The van der Waals surface area contributed by atoms with Gasteiger partial charge >= 0.3 is 11.9 Å². The number of thioether (sulfide) groups is 1. The van der Waals surface area contributed by atoms with Crippen molar-refractivity contribution in [3.05, 3.63) is 35.9 Å². The number of rotatable bonds is 10. The van der Waals surface area contributed by atoms with E-state index < -0.39 is 24.1 Å². The Bertz CT molecular complexity index is 805. The average Bonchev–Trinajstić information content (AvgIpc) is 3.01. The van der Waals surface area contributed by atoms with E-state index in [0.29, 0.717) is 12.2 Å². The molecule has 0 bridgehead atoms. The van der Waals surface area contributed by atoms with Gasteiger partial charge in [-0.25, -0.2) is 4.79 Å². The highest BCUT2D eigenvalue weighted by atomic mass is 32.2. The molecule has 2 fully saturated rings. The van der Waals surface area contributed by atoms with Crippen LogP contribution in [0.15, 0.2) is 30.3 Å². The summed E-state index contributed by atoms with van der Waals surface area (Å²) >= 11 is 1.60. The fourth-order valence-electron chi connectivity index (χ4n) is 5.07. The molecule has 33 heavy (non-hydrogen) atoms. The molecular formula is C25H36N2O5S. The van der Waals surface area contributed by atoms with Crippen LogP contribution in [0.1, 0.15) is 57.9 Å². The second-order valence-electron chi connectivity index (χ2n) is 8.99. The summed E-state index contributed by atoms with van der Waals surface area (Å²) < 4.78 is 5.24. The number of nitrogens with zero attached hydrogens (tertiary/aromatic N) is 1. The second-order valence-corrected chi connectivity index (χ2v) is 10.0. The first-order chi connectivity index (χ1) is 15.9. The highest BCUT2D eigenvalue weighted by molar-refractivity contribution is 7.98. The molecule has 3 rings (SSSR count). The van der Waals surface area contributed by atoms with Crippen LogP contribution < -0.4 is 5.32 Å². The van der Waals surface area contributed by atoms with E-state index in [0.717, 1.165) is 43.4 Å². The van der Waals surface area contributed by atoms with Crippen molar-refractivity contribution in [2.24, 2.45) is 5.92 Å². The number of carboxylic acid groups (broad SMARTS) is 1. The van der Waals surface area contributed by atoms with Crippen molar-refractivity contribution in [2.75, 3.05) is 12.4 Å². The Kier molecular flexibility index (Phi) is 9.62. The molecule has 0 spiro atoms. The number of fused-ring (bicyclic) bond motifs is 1. The average molecular weight is 477 g/mol. The largest absolute Gasteiger partial charge is 0.480 e. The summed E-state index contributed by atoms with van der Waals surface area (Å²) in [4.78, 5) is 39.6. The third kappa shape index (κ3) is 6.73. The van der Waals surface area contributed by atoms with E-state index in [-0.39, 0.29) is 30.4 Å². The number of ether oxygens (including phenoxy) is 1. The minimum absolute atomic E-state index is 0.0288.